The third-order valence-electron chi connectivity index (χ3n) is 0.890. The molecule has 1 amide bonds. The summed E-state index contributed by atoms with van der Waals surface area (Å²) < 4.78 is 0. The molecule has 0 aromatic rings. The molecular weight excluding hydrogens is 128 g/mol. The Labute approximate surface area is 61.5 Å². The minimum atomic E-state index is -0.125. The standard InChI is InChI=1S/C7H14N2O/c1-6(2)4-5-8-9-7(3)10/h5-6H,4H2,1-3H3,(H,9,10). The molecule has 0 fully saturated rings. The van der Waals surface area contributed by atoms with Crippen LogP contribution in [0.15, 0.2) is 5.10 Å². The van der Waals surface area contributed by atoms with E-state index in [0.717, 1.165) is 6.42 Å². The first-order valence-corrected chi connectivity index (χ1v) is 3.41. The molecule has 0 aliphatic rings. The Kier molecular flexibility index (Phi) is 4.54. The van der Waals surface area contributed by atoms with E-state index in [-0.39, 0.29) is 5.91 Å². The predicted molar refractivity (Wildman–Crippen MR) is 41.8 cm³/mol. The average molecular weight is 142 g/mol. The second kappa shape index (κ2) is 4.97. The summed E-state index contributed by atoms with van der Waals surface area (Å²) in [6.45, 7) is 5.63. The minimum absolute atomic E-state index is 0.125. The van der Waals surface area contributed by atoms with Gasteiger partial charge in [-0.2, -0.15) is 5.10 Å². The van der Waals surface area contributed by atoms with Crippen LogP contribution >= 0.6 is 0 Å². The maximum atomic E-state index is 10.3. The molecule has 0 heterocycles. The van der Waals surface area contributed by atoms with Gasteiger partial charge in [0.05, 0.1) is 0 Å². The Bertz CT molecular complexity index is 130. The number of hydrogen-bond donors (Lipinski definition) is 1. The van der Waals surface area contributed by atoms with Crippen LogP contribution in [0.5, 0.6) is 0 Å². The lowest BCUT2D eigenvalue weighted by atomic mass is 10.2. The molecule has 1 N–H and O–H groups in total. The molecule has 0 saturated carbocycles. The van der Waals surface area contributed by atoms with E-state index in [1.807, 2.05) is 0 Å². The predicted octanol–water partition coefficient (Wildman–Crippen LogP) is 1.15. The molecule has 0 aliphatic carbocycles. The van der Waals surface area contributed by atoms with Crippen LogP contribution in [-0.4, -0.2) is 12.1 Å². The van der Waals surface area contributed by atoms with Gasteiger partial charge in [-0.15, -0.1) is 0 Å². The van der Waals surface area contributed by atoms with Crippen molar-refractivity contribution in [3.05, 3.63) is 0 Å². The third-order valence-corrected chi connectivity index (χ3v) is 0.890. The number of carbonyl (C=O) groups is 1. The second-order valence-electron chi connectivity index (χ2n) is 2.61. The smallest absolute Gasteiger partial charge is 0.236 e. The molecule has 0 bridgehead atoms. The second-order valence-corrected chi connectivity index (χ2v) is 2.61. The van der Waals surface area contributed by atoms with Crippen molar-refractivity contribution in [2.75, 3.05) is 0 Å². The first kappa shape index (κ1) is 9.14. The van der Waals surface area contributed by atoms with Crippen LogP contribution in [0.3, 0.4) is 0 Å². The van der Waals surface area contributed by atoms with Gasteiger partial charge in [-0.1, -0.05) is 13.8 Å². The molecular formula is C7H14N2O. The molecule has 0 aromatic heterocycles. The lowest BCUT2D eigenvalue weighted by Crippen LogP contribution is -2.12. The summed E-state index contributed by atoms with van der Waals surface area (Å²) >= 11 is 0. The fraction of sp³-hybridized carbons (Fsp3) is 0.714. The maximum absolute atomic E-state index is 10.3. The van der Waals surface area contributed by atoms with E-state index in [4.69, 9.17) is 0 Å². The summed E-state index contributed by atoms with van der Waals surface area (Å²) in [7, 11) is 0. The van der Waals surface area contributed by atoms with Crippen molar-refractivity contribution >= 4 is 12.1 Å². The van der Waals surface area contributed by atoms with Crippen molar-refractivity contribution in [3.63, 3.8) is 0 Å². The molecule has 0 unspecified atom stereocenters. The van der Waals surface area contributed by atoms with Gasteiger partial charge in [0.25, 0.3) is 0 Å². The van der Waals surface area contributed by atoms with Crippen LogP contribution in [0.1, 0.15) is 27.2 Å². The summed E-state index contributed by atoms with van der Waals surface area (Å²) in [5.41, 5.74) is 2.33. The summed E-state index contributed by atoms with van der Waals surface area (Å²) in [4.78, 5) is 10.3. The third kappa shape index (κ3) is 7.14. The Morgan fingerprint density at radius 3 is 2.70 bits per heavy atom. The van der Waals surface area contributed by atoms with Crippen molar-refractivity contribution in [1.82, 2.24) is 5.43 Å². The SMILES string of the molecule is CC(=O)NN=CCC(C)C. The lowest BCUT2D eigenvalue weighted by Gasteiger charge is -1.95. The van der Waals surface area contributed by atoms with Crippen LogP contribution in [0.2, 0.25) is 0 Å². The van der Waals surface area contributed by atoms with E-state index in [0.29, 0.717) is 5.92 Å². The quantitative estimate of drug-likeness (QED) is 0.466. The van der Waals surface area contributed by atoms with E-state index in [2.05, 4.69) is 24.4 Å². The molecule has 3 heteroatoms. The summed E-state index contributed by atoms with van der Waals surface area (Å²) in [6.07, 6.45) is 2.62. The fourth-order valence-corrected chi connectivity index (χ4v) is 0.400. The van der Waals surface area contributed by atoms with Crippen molar-refractivity contribution in [2.45, 2.75) is 27.2 Å². The van der Waals surface area contributed by atoms with E-state index in [1.165, 1.54) is 6.92 Å². The number of amides is 1. The van der Waals surface area contributed by atoms with Crippen molar-refractivity contribution in [1.29, 1.82) is 0 Å². The highest BCUT2D eigenvalue weighted by Gasteiger charge is 1.88. The topological polar surface area (TPSA) is 41.5 Å². The molecule has 0 radical (unpaired) electrons. The number of rotatable bonds is 3. The molecule has 0 spiro atoms. The molecule has 58 valence electrons. The first-order valence-electron chi connectivity index (χ1n) is 3.41. The zero-order chi connectivity index (χ0) is 7.98. The van der Waals surface area contributed by atoms with Crippen LogP contribution in [0.4, 0.5) is 0 Å². The molecule has 10 heavy (non-hydrogen) atoms. The van der Waals surface area contributed by atoms with E-state index in [9.17, 15) is 4.79 Å². The van der Waals surface area contributed by atoms with Gasteiger partial charge >= 0.3 is 0 Å². The highest BCUT2D eigenvalue weighted by atomic mass is 16.2. The molecule has 0 aromatic carbocycles. The molecule has 0 saturated heterocycles. The summed E-state index contributed by atoms with van der Waals surface area (Å²) in [5.74, 6) is 0.470. The summed E-state index contributed by atoms with van der Waals surface area (Å²) in [6, 6.07) is 0. The van der Waals surface area contributed by atoms with Gasteiger partial charge in [-0.25, -0.2) is 5.43 Å². The Morgan fingerprint density at radius 2 is 2.30 bits per heavy atom. The van der Waals surface area contributed by atoms with Crippen LogP contribution in [-0.2, 0) is 4.79 Å². The monoisotopic (exact) mass is 142 g/mol. The molecule has 0 atom stereocenters. The van der Waals surface area contributed by atoms with Crippen LogP contribution < -0.4 is 5.43 Å². The van der Waals surface area contributed by atoms with Gasteiger partial charge < -0.3 is 0 Å². The average Bonchev–Trinajstić information content (AvgIpc) is 1.79. The van der Waals surface area contributed by atoms with E-state index >= 15 is 0 Å². The van der Waals surface area contributed by atoms with Gasteiger partial charge in [-0.05, 0) is 12.3 Å². The number of hydrogen-bond acceptors (Lipinski definition) is 2. The minimum Gasteiger partial charge on any atom is -0.274 e. The molecule has 0 rings (SSSR count). The highest BCUT2D eigenvalue weighted by molar-refractivity contribution is 5.73. The van der Waals surface area contributed by atoms with E-state index < -0.39 is 0 Å². The van der Waals surface area contributed by atoms with Crippen LogP contribution in [0.25, 0.3) is 0 Å². The Balaban J connectivity index is 3.29. The van der Waals surface area contributed by atoms with Crippen molar-refractivity contribution in [2.24, 2.45) is 11.0 Å². The van der Waals surface area contributed by atoms with Gasteiger partial charge in [0.1, 0.15) is 0 Å². The van der Waals surface area contributed by atoms with Crippen molar-refractivity contribution in [3.8, 4) is 0 Å². The molecule has 0 aliphatic heterocycles. The number of nitrogens with zero attached hydrogens (tertiary/aromatic N) is 1. The number of hydrazone groups is 1. The lowest BCUT2D eigenvalue weighted by molar-refractivity contribution is -0.118. The normalized spacial score (nSPS) is 10.8. The highest BCUT2D eigenvalue weighted by Crippen LogP contribution is 1.93. The number of nitrogens with one attached hydrogen (secondary N) is 1. The van der Waals surface area contributed by atoms with Crippen LogP contribution in [0, 0.1) is 5.92 Å². The van der Waals surface area contributed by atoms with Crippen molar-refractivity contribution < 1.29 is 4.79 Å². The molecule has 3 nitrogen and oxygen atoms in total. The van der Waals surface area contributed by atoms with Gasteiger partial charge in [0.2, 0.25) is 5.91 Å². The number of carbonyl (C=O) groups excluding carboxylic acids is 1. The van der Waals surface area contributed by atoms with Gasteiger partial charge in [0, 0.05) is 13.1 Å². The zero-order valence-electron chi connectivity index (χ0n) is 6.72. The maximum Gasteiger partial charge on any atom is 0.236 e. The zero-order valence-corrected chi connectivity index (χ0v) is 6.72. The Morgan fingerprint density at radius 1 is 1.70 bits per heavy atom. The fourth-order valence-electron chi connectivity index (χ4n) is 0.400. The van der Waals surface area contributed by atoms with Gasteiger partial charge in [0.15, 0.2) is 0 Å². The Hall–Kier alpha value is -0.860. The van der Waals surface area contributed by atoms with Gasteiger partial charge in [-0.3, -0.25) is 4.79 Å². The van der Waals surface area contributed by atoms with E-state index in [1.54, 1.807) is 6.21 Å². The first-order chi connectivity index (χ1) is 4.63. The largest absolute Gasteiger partial charge is 0.274 e. The summed E-state index contributed by atoms with van der Waals surface area (Å²) in [5, 5.41) is 3.69.